The number of benzene rings is 2. The molecule has 0 spiro atoms. The highest BCUT2D eigenvalue weighted by molar-refractivity contribution is 7.92. The van der Waals surface area contributed by atoms with Crippen molar-refractivity contribution in [3.63, 3.8) is 0 Å². The first-order valence-electron chi connectivity index (χ1n) is 8.92. The van der Waals surface area contributed by atoms with Gasteiger partial charge in [-0.1, -0.05) is 12.1 Å². The molecule has 1 atom stereocenters. The van der Waals surface area contributed by atoms with Gasteiger partial charge in [-0.05, 0) is 69.2 Å². The van der Waals surface area contributed by atoms with Crippen LogP contribution in [0.2, 0.25) is 0 Å². The van der Waals surface area contributed by atoms with E-state index in [-0.39, 0.29) is 10.8 Å². The van der Waals surface area contributed by atoms with Gasteiger partial charge in [-0.2, -0.15) is 0 Å². The SMILES string of the molecule is CCNC(=O)[C@H](C)NC(=O)c1ccc(NS(=O)(=O)c2cc(C)ccc2C)cc1. The Morgan fingerprint density at radius 3 is 2.29 bits per heavy atom. The Labute approximate surface area is 165 Å². The van der Waals surface area contributed by atoms with E-state index < -0.39 is 22.0 Å². The fourth-order valence-corrected chi connectivity index (χ4v) is 3.96. The highest BCUT2D eigenvalue weighted by Crippen LogP contribution is 2.21. The molecule has 0 radical (unpaired) electrons. The molecule has 2 amide bonds. The maximum atomic E-state index is 12.6. The largest absolute Gasteiger partial charge is 0.355 e. The van der Waals surface area contributed by atoms with Gasteiger partial charge in [0.15, 0.2) is 0 Å². The number of likely N-dealkylation sites (N-methyl/N-ethyl adjacent to an activating group) is 1. The van der Waals surface area contributed by atoms with Gasteiger partial charge in [0.05, 0.1) is 4.90 Å². The van der Waals surface area contributed by atoms with Gasteiger partial charge in [-0.15, -0.1) is 0 Å². The van der Waals surface area contributed by atoms with Crippen molar-refractivity contribution in [1.82, 2.24) is 10.6 Å². The number of hydrogen-bond donors (Lipinski definition) is 3. The van der Waals surface area contributed by atoms with Crippen LogP contribution in [-0.4, -0.2) is 32.8 Å². The van der Waals surface area contributed by atoms with Crippen molar-refractivity contribution in [2.45, 2.75) is 38.6 Å². The van der Waals surface area contributed by atoms with E-state index in [9.17, 15) is 18.0 Å². The Hall–Kier alpha value is -2.87. The normalized spacial score (nSPS) is 12.1. The van der Waals surface area contributed by atoms with Crippen molar-refractivity contribution in [2.24, 2.45) is 0 Å². The van der Waals surface area contributed by atoms with E-state index in [0.717, 1.165) is 5.56 Å². The minimum Gasteiger partial charge on any atom is -0.355 e. The summed E-state index contributed by atoms with van der Waals surface area (Å²) in [4.78, 5) is 24.2. The number of aryl methyl sites for hydroxylation is 2. The number of sulfonamides is 1. The van der Waals surface area contributed by atoms with Gasteiger partial charge in [0.1, 0.15) is 6.04 Å². The van der Waals surface area contributed by atoms with Crippen LogP contribution in [0.4, 0.5) is 5.69 Å². The smallest absolute Gasteiger partial charge is 0.262 e. The average molecular weight is 404 g/mol. The van der Waals surface area contributed by atoms with E-state index in [0.29, 0.717) is 23.4 Å². The molecule has 0 bridgehead atoms. The lowest BCUT2D eigenvalue weighted by Gasteiger charge is -2.14. The molecule has 0 fully saturated rings. The van der Waals surface area contributed by atoms with E-state index in [1.807, 2.05) is 13.0 Å². The minimum atomic E-state index is -3.74. The van der Waals surface area contributed by atoms with Gasteiger partial charge in [0.2, 0.25) is 5.91 Å². The molecular formula is C20H25N3O4S. The Bertz CT molecular complexity index is 969. The molecule has 2 aromatic rings. The fourth-order valence-electron chi connectivity index (χ4n) is 2.57. The number of rotatable bonds is 7. The highest BCUT2D eigenvalue weighted by Gasteiger charge is 2.18. The quantitative estimate of drug-likeness (QED) is 0.660. The molecule has 0 heterocycles. The molecule has 0 aliphatic heterocycles. The number of anilines is 1. The molecule has 0 aliphatic rings. The van der Waals surface area contributed by atoms with Crippen LogP contribution in [0.15, 0.2) is 47.4 Å². The summed E-state index contributed by atoms with van der Waals surface area (Å²) < 4.78 is 27.8. The zero-order valence-corrected chi connectivity index (χ0v) is 17.2. The molecule has 8 heteroatoms. The molecule has 3 N–H and O–H groups in total. The first-order valence-corrected chi connectivity index (χ1v) is 10.4. The molecule has 150 valence electrons. The van der Waals surface area contributed by atoms with Crippen molar-refractivity contribution in [1.29, 1.82) is 0 Å². The predicted octanol–water partition coefficient (Wildman–Crippen LogP) is 2.36. The Morgan fingerprint density at radius 1 is 1.04 bits per heavy atom. The van der Waals surface area contributed by atoms with Gasteiger partial charge >= 0.3 is 0 Å². The first-order chi connectivity index (χ1) is 13.1. The van der Waals surface area contributed by atoms with Crippen LogP contribution in [0.3, 0.4) is 0 Å². The third-order valence-corrected chi connectivity index (χ3v) is 5.65. The van der Waals surface area contributed by atoms with E-state index in [4.69, 9.17) is 0 Å². The van der Waals surface area contributed by atoms with E-state index >= 15 is 0 Å². The summed E-state index contributed by atoms with van der Waals surface area (Å²) in [6.07, 6.45) is 0. The number of carbonyl (C=O) groups is 2. The summed E-state index contributed by atoms with van der Waals surface area (Å²) in [7, 11) is -3.74. The van der Waals surface area contributed by atoms with E-state index in [1.54, 1.807) is 32.9 Å². The molecule has 0 unspecified atom stereocenters. The van der Waals surface area contributed by atoms with Gasteiger partial charge in [-0.25, -0.2) is 8.42 Å². The van der Waals surface area contributed by atoms with Crippen LogP contribution >= 0.6 is 0 Å². The second kappa shape index (κ2) is 8.88. The van der Waals surface area contributed by atoms with Gasteiger partial charge in [0, 0.05) is 17.8 Å². The second-order valence-corrected chi connectivity index (χ2v) is 8.19. The Morgan fingerprint density at radius 2 is 1.68 bits per heavy atom. The second-order valence-electron chi connectivity index (χ2n) is 6.54. The molecule has 0 saturated heterocycles. The lowest BCUT2D eigenvalue weighted by atomic mass is 10.2. The monoisotopic (exact) mass is 403 g/mol. The van der Waals surface area contributed by atoms with Gasteiger partial charge < -0.3 is 10.6 Å². The van der Waals surface area contributed by atoms with Crippen LogP contribution in [0.25, 0.3) is 0 Å². The summed E-state index contributed by atoms with van der Waals surface area (Å²) in [5.41, 5.74) is 2.16. The van der Waals surface area contributed by atoms with Gasteiger partial charge in [-0.3, -0.25) is 14.3 Å². The maximum absolute atomic E-state index is 12.6. The molecule has 0 aliphatic carbocycles. The summed E-state index contributed by atoms with van der Waals surface area (Å²) in [6, 6.07) is 10.6. The number of hydrogen-bond acceptors (Lipinski definition) is 4. The standard InChI is InChI=1S/C20H25N3O4S/c1-5-21-19(24)15(4)22-20(25)16-8-10-17(11-9-16)23-28(26,27)18-12-13(2)6-7-14(18)3/h6-12,15,23H,5H2,1-4H3,(H,21,24)(H,22,25)/t15-/m0/s1. The van der Waals surface area contributed by atoms with Crippen LogP contribution < -0.4 is 15.4 Å². The molecule has 2 aromatic carbocycles. The van der Waals surface area contributed by atoms with Gasteiger partial charge in [0.25, 0.3) is 15.9 Å². The summed E-state index contributed by atoms with van der Waals surface area (Å²) >= 11 is 0. The Kier molecular flexibility index (Phi) is 6.80. The topological polar surface area (TPSA) is 104 Å². The highest BCUT2D eigenvalue weighted by atomic mass is 32.2. The van der Waals surface area contributed by atoms with Crippen LogP contribution in [0.5, 0.6) is 0 Å². The fraction of sp³-hybridized carbons (Fsp3) is 0.300. The van der Waals surface area contributed by atoms with Crippen LogP contribution in [0.1, 0.15) is 35.3 Å². The van der Waals surface area contributed by atoms with Crippen molar-refractivity contribution in [3.8, 4) is 0 Å². The van der Waals surface area contributed by atoms with Crippen LogP contribution in [-0.2, 0) is 14.8 Å². The minimum absolute atomic E-state index is 0.213. The van der Waals surface area contributed by atoms with E-state index in [1.165, 1.54) is 24.3 Å². The van der Waals surface area contributed by atoms with Crippen molar-refractivity contribution >= 4 is 27.5 Å². The summed E-state index contributed by atoms with van der Waals surface area (Å²) in [5, 5.41) is 5.23. The molecule has 28 heavy (non-hydrogen) atoms. The number of nitrogens with one attached hydrogen (secondary N) is 3. The molecular weight excluding hydrogens is 378 g/mol. The molecule has 0 aromatic heterocycles. The average Bonchev–Trinajstić information content (AvgIpc) is 2.64. The zero-order valence-electron chi connectivity index (χ0n) is 16.4. The summed E-state index contributed by atoms with van der Waals surface area (Å²) in [6.45, 7) is 7.43. The number of amides is 2. The Balaban J connectivity index is 2.11. The third kappa shape index (κ3) is 5.32. The number of carbonyl (C=O) groups excluding carboxylic acids is 2. The lowest BCUT2D eigenvalue weighted by molar-refractivity contribution is -0.122. The van der Waals surface area contributed by atoms with Crippen molar-refractivity contribution in [2.75, 3.05) is 11.3 Å². The molecule has 2 rings (SSSR count). The van der Waals surface area contributed by atoms with E-state index in [2.05, 4.69) is 15.4 Å². The zero-order chi connectivity index (χ0) is 20.9. The predicted molar refractivity (Wildman–Crippen MR) is 109 cm³/mol. The molecule has 7 nitrogen and oxygen atoms in total. The lowest BCUT2D eigenvalue weighted by Crippen LogP contribution is -2.44. The maximum Gasteiger partial charge on any atom is 0.262 e. The summed E-state index contributed by atoms with van der Waals surface area (Å²) in [5.74, 6) is -0.684. The van der Waals surface area contributed by atoms with Crippen molar-refractivity contribution in [3.05, 3.63) is 59.2 Å². The third-order valence-electron chi connectivity index (χ3n) is 4.12. The van der Waals surface area contributed by atoms with Crippen LogP contribution in [0, 0.1) is 13.8 Å². The first kappa shape index (κ1) is 21.4. The van der Waals surface area contributed by atoms with Crippen molar-refractivity contribution < 1.29 is 18.0 Å². The molecule has 0 saturated carbocycles.